The van der Waals surface area contributed by atoms with Crippen molar-refractivity contribution < 1.29 is 14.2 Å². The molecule has 0 unspecified atom stereocenters. The molecule has 0 spiro atoms. The van der Waals surface area contributed by atoms with Gasteiger partial charge in [-0.25, -0.2) is 0 Å². The molecule has 0 radical (unpaired) electrons. The summed E-state index contributed by atoms with van der Waals surface area (Å²) in [6, 6.07) is 2.95. The van der Waals surface area contributed by atoms with Crippen molar-refractivity contribution in [3.8, 4) is 11.5 Å². The highest BCUT2D eigenvalue weighted by Gasteiger charge is 2.17. The fraction of sp³-hybridized carbons (Fsp3) is 0.200. The molecule has 1 aromatic carbocycles. The number of aromatic amines is 1. The topological polar surface area (TPSA) is 78.3 Å². The van der Waals surface area contributed by atoms with E-state index in [1.54, 1.807) is 0 Å². The van der Waals surface area contributed by atoms with Crippen LogP contribution in [0.25, 0.3) is 11.0 Å². The van der Waals surface area contributed by atoms with Crippen LogP contribution < -0.4 is 19.8 Å². The van der Waals surface area contributed by atoms with E-state index in [2.05, 4.69) is 4.98 Å². The summed E-state index contributed by atoms with van der Waals surface area (Å²) in [5, 5.41) is 11.2. The molecule has 0 aliphatic heterocycles. The minimum absolute atomic E-state index is 0.201. The molecule has 1 aromatic heterocycles. The van der Waals surface area contributed by atoms with Crippen LogP contribution in [-0.2, 0) is 0 Å². The van der Waals surface area contributed by atoms with Gasteiger partial charge >= 0.3 is 10.7 Å². The van der Waals surface area contributed by atoms with Crippen molar-refractivity contribution in [2.75, 3.05) is 14.2 Å². The molecule has 0 aliphatic carbocycles. The number of fused-ring (bicyclic) bond motifs is 1. The highest BCUT2D eigenvalue weighted by molar-refractivity contribution is 6.28. The van der Waals surface area contributed by atoms with E-state index in [9.17, 15) is 10.0 Å². The molecular formula is C10H9ClN2O4. The van der Waals surface area contributed by atoms with Crippen LogP contribution >= 0.6 is 11.6 Å². The molecular weight excluding hydrogens is 248 g/mol. The van der Waals surface area contributed by atoms with Gasteiger partial charge in [0, 0.05) is 6.07 Å². The third kappa shape index (κ3) is 1.76. The van der Waals surface area contributed by atoms with Crippen LogP contribution in [0, 0.1) is 5.21 Å². The molecule has 0 bridgehead atoms. The number of nitrogens with one attached hydrogen (secondary N) is 1. The lowest BCUT2D eigenvalue weighted by atomic mass is 10.2. The monoisotopic (exact) mass is 256 g/mol. The van der Waals surface area contributed by atoms with Crippen molar-refractivity contribution >= 4 is 22.6 Å². The standard InChI is InChI=1S/C10H9ClN2O4/c1-16-7-3-5-6(4-8(7)17-2)13(15)9(11)10(14)12-5/h3-4H,1-2H3,(H,12,14). The van der Waals surface area contributed by atoms with Crippen LogP contribution in [0.2, 0.25) is 5.15 Å². The van der Waals surface area contributed by atoms with E-state index < -0.39 is 10.7 Å². The number of rotatable bonds is 2. The minimum atomic E-state index is -0.651. The predicted octanol–water partition coefficient (Wildman–Crippen LogP) is 0.832. The lowest BCUT2D eigenvalue weighted by molar-refractivity contribution is -0.575. The second-order valence-corrected chi connectivity index (χ2v) is 3.62. The van der Waals surface area contributed by atoms with Crippen LogP contribution in [0.15, 0.2) is 16.9 Å². The van der Waals surface area contributed by atoms with Gasteiger partial charge in [0.15, 0.2) is 11.5 Å². The molecule has 7 heteroatoms. The van der Waals surface area contributed by atoms with E-state index in [1.165, 1.54) is 26.4 Å². The zero-order valence-corrected chi connectivity index (χ0v) is 9.87. The van der Waals surface area contributed by atoms with E-state index in [0.717, 1.165) is 0 Å². The van der Waals surface area contributed by atoms with E-state index in [-0.39, 0.29) is 5.52 Å². The summed E-state index contributed by atoms with van der Waals surface area (Å²) >= 11 is 5.56. The lowest BCUT2D eigenvalue weighted by Gasteiger charge is -2.09. The Hall–Kier alpha value is -1.95. The van der Waals surface area contributed by atoms with Crippen molar-refractivity contribution in [3.05, 3.63) is 32.8 Å². The molecule has 0 atom stereocenters. The van der Waals surface area contributed by atoms with Crippen LogP contribution in [0.4, 0.5) is 0 Å². The number of halogens is 1. The molecule has 0 saturated carbocycles. The molecule has 0 saturated heterocycles. The smallest absolute Gasteiger partial charge is 0.352 e. The van der Waals surface area contributed by atoms with Gasteiger partial charge in [0.25, 0.3) is 0 Å². The molecule has 6 nitrogen and oxygen atoms in total. The Kier molecular flexibility index (Phi) is 2.81. The van der Waals surface area contributed by atoms with Gasteiger partial charge in [-0.05, 0) is 11.6 Å². The molecule has 1 N–H and O–H groups in total. The Morgan fingerprint density at radius 1 is 1.29 bits per heavy atom. The number of H-pyrrole nitrogens is 1. The normalized spacial score (nSPS) is 10.5. The average Bonchev–Trinajstić information content (AvgIpc) is 2.34. The Balaban J connectivity index is 2.88. The zero-order chi connectivity index (χ0) is 12.6. The summed E-state index contributed by atoms with van der Waals surface area (Å²) in [5.41, 5.74) is -0.124. The lowest BCUT2D eigenvalue weighted by Crippen LogP contribution is -2.35. The summed E-state index contributed by atoms with van der Waals surface area (Å²) < 4.78 is 10.5. The molecule has 1 heterocycles. The number of aromatic nitrogens is 2. The van der Waals surface area contributed by atoms with Crippen molar-refractivity contribution in [1.82, 2.24) is 4.98 Å². The van der Waals surface area contributed by atoms with Gasteiger partial charge in [0.2, 0.25) is 5.52 Å². The zero-order valence-electron chi connectivity index (χ0n) is 9.11. The molecule has 90 valence electrons. The number of nitrogens with zero attached hydrogens (tertiary/aromatic N) is 1. The van der Waals surface area contributed by atoms with Gasteiger partial charge in [0.05, 0.1) is 20.3 Å². The SMILES string of the molecule is COc1cc2[nH]c(=O)c(Cl)[n+]([O-])c2cc1OC. The number of benzene rings is 1. The third-order valence-corrected chi connectivity index (χ3v) is 2.66. The number of methoxy groups -OCH3 is 2. The molecule has 0 aliphatic rings. The number of ether oxygens (including phenoxy) is 2. The van der Waals surface area contributed by atoms with Crippen molar-refractivity contribution in [2.24, 2.45) is 0 Å². The highest BCUT2D eigenvalue weighted by atomic mass is 35.5. The minimum Gasteiger partial charge on any atom is -0.617 e. The Morgan fingerprint density at radius 3 is 2.47 bits per heavy atom. The van der Waals surface area contributed by atoms with Crippen LogP contribution in [0.5, 0.6) is 11.5 Å². The summed E-state index contributed by atoms with van der Waals surface area (Å²) in [5.74, 6) is 0.797. The fourth-order valence-electron chi connectivity index (χ4n) is 1.51. The first kappa shape index (κ1) is 11.5. The Labute approximate surface area is 101 Å². The van der Waals surface area contributed by atoms with Gasteiger partial charge in [-0.1, -0.05) is 0 Å². The Bertz CT molecular complexity index is 638. The quantitative estimate of drug-likeness (QED) is 0.638. The van der Waals surface area contributed by atoms with Crippen molar-refractivity contribution in [3.63, 3.8) is 0 Å². The highest BCUT2D eigenvalue weighted by Crippen LogP contribution is 2.29. The van der Waals surface area contributed by atoms with Gasteiger partial charge in [0.1, 0.15) is 5.52 Å². The fourth-order valence-corrected chi connectivity index (χ4v) is 1.65. The Morgan fingerprint density at radius 2 is 1.88 bits per heavy atom. The van der Waals surface area contributed by atoms with E-state index in [0.29, 0.717) is 21.7 Å². The molecule has 0 fully saturated rings. The summed E-state index contributed by atoms with van der Waals surface area (Å²) in [6.45, 7) is 0. The maximum Gasteiger partial charge on any atom is 0.352 e. The predicted molar refractivity (Wildman–Crippen MR) is 61.6 cm³/mol. The third-order valence-electron chi connectivity index (χ3n) is 2.33. The molecule has 2 aromatic rings. The van der Waals surface area contributed by atoms with Gasteiger partial charge in [-0.2, -0.15) is 0 Å². The van der Waals surface area contributed by atoms with Gasteiger partial charge < -0.3 is 19.7 Å². The van der Waals surface area contributed by atoms with Crippen molar-refractivity contribution in [1.29, 1.82) is 0 Å². The second kappa shape index (κ2) is 4.14. The van der Waals surface area contributed by atoms with Gasteiger partial charge in [-0.15, -0.1) is 4.73 Å². The largest absolute Gasteiger partial charge is 0.617 e. The maximum atomic E-state index is 11.7. The van der Waals surface area contributed by atoms with E-state index >= 15 is 0 Å². The summed E-state index contributed by atoms with van der Waals surface area (Å²) in [7, 11) is 2.91. The number of hydrogen-bond acceptors (Lipinski definition) is 4. The van der Waals surface area contributed by atoms with Crippen LogP contribution in [0.3, 0.4) is 0 Å². The second-order valence-electron chi connectivity index (χ2n) is 3.26. The maximum absolute atomic E-state index is 11.7. The van der Waals surface area contributed by atoms with Crippen LogP contribution in [-0.4, -0.2) is 19.2 Å². The van der Waals surface area contributed by atoms with Crippen LogP contribution in [0.1, 0.15) is 0 Å². The first-order valence-electron chi connectivity index (χ1n) is 4.65. The molecule has 2 rings (SSSR count). The summed E-state index contributed by atoms with van der Waals surface area (Å²) in [4.78, 5) is 13.8. The average molecular weight is 257 g/mol. The first-order chi connectivity index (χ1) is 8.08. The molecule has 17 heavy (non-hydrogen) atoms. The summed E-state index contributed by atoms with van der Waals surface area (Å²) in [6.07, 6.45) is 0. The number of hydrogen-bond donors (Lipinski definition) is 1. The van der Waals surface area contributed by atoms with E-state index in [4.69, 9.17) is 21.1 Å². The van der Waals surface area contributed by atoms with E-state index in [1.807, 2.05) is 0 Å². The van der Waals surface area contributed by atoms with Crippen molar-refractivity contribution in [2.45, 2.75) is 0 Å². The molecule has 0 amide bonds. The first-order valence-corrected chi connectivity index (χ1v) is 5.03. The van der Waals surface area contributed by atoms with Gasteiger partial charge in [-0.3, -0.25) is 4.79 Å².